The molecule has 3 aromatic rings. The van der Waals surface area contributed by atoms with Crippen LogP contribution in [0.4, 0.5) is 5.69 Å². The third-order valence-electron chi connectivity index (χ3n) is 5.48. The molecule has 1 aliphatic heterocycles. The molecule has 0 saturated heterocycles. The Hall–Kier alpha value is -3.43. The van der Waals surface area contributed by atoms with Crippen molar-refractivity contribution in [2.45, 2.75) is 17.9 Å². The van der Waals surface area contributed by atoms with Gasteiger partial charge in [-0.05, 0) is 61.0 Å². The summed E-state index contributed by atoms with van der Waals surface area (Å²) in [6, 6.07) is 18.2. The van der Waals surface area contributed by atoms with Crippen LogP contribution in [-0.2, 0) is 14.8 Å². The van der Waals surface area contributed by atoms with E-state index in [2.05, 4.69) is 5.32 Å². The highest BCUT2D eigenvalue weighted by Gasteiger charge is 2.37. The summed E-state index contributed by atoms with van der Waals surface area (Å²) in [5, 5.41) is 3.10. The number of methoxy groups -OCH3 is 1. The Morgan fingerprint density at radius 2 is 1.89 bits per heavy atom. The molecule has 1 unspecified atom stereocenters. The van der Waals surface area contributed by atoms with Gasteiger partial charge in [0.15, 0.2) is 6.10 Å². The summed E-state index contributed by atoms with van der Waals surface area (Å²) in [5.41, 5.74) is 1.25. The van der Waals surface area contributed by atoms with Crippen LogP contribution < -0.4 is 23.8 Å². The maximum Gasteiger partial charge on any atom is 0.264 e. The Morgan fingerprint density at radius 1 is 1.14 bits per heavy atom. The SMILES string of the molecule is COc1ccc(S(=O)(=O)N2CC(C(=O)NCCOc3ccccc3C)Oc3ccc(Cl)cc32)cc1. The van der Waals surface area contributed by atoms with Crippen molar-refractivity contribution in [2.75, 3.05) is 31.1 Å². The van der Waals surface area contributed by atoms with Gasteiger partial charge in [0, 0.05) is 5.02 Å². The number of rotatable bonds is 8. The van der Waals surface area contributed by atoms with Crippen LogP contribution in [0, 0.1) is 6.92 Å². The molecule has 0 aromatic heterocycles. The number of sulfonamides is 1. The summed E-state index contributed by atoms with van der Waals surface area (Å²) in [4.78, 5) is 12.9. The quantitative estimate of drug-likeness (QED) is 0.458. The zero-order valence-electron chi connectivity index (χ0n) is 19.2. The Kier molecular flexibility index (Phi) is 7.37. The largest absolute Gasteiger partial charge is 0.497 e. The van der Waals surface area contributed by atoms with Crippen molar-refractivity contribution in [3.8, 4) is 17.2 Å². The number of aryl methyl sites for hydroxylation is 1. The fourth-order valence-corrected chi connectivity index (χ4v) is 5.27. The number of hydrogen-bond acceptors (Lipinski definition) is 6. The number of fused-ring (bicyclic) bond motifs is 1. The maximum absolute atomic E-state index is 13.5. The van der Waals surface area contributed by atoms with E-state index in [1.807, 2.05) is 31.2 Å². The Balaban J connectivity index is 1.50. The molecule has 0 radical (unpaired) electrons. The van der Waals surface area contributed by atoms with E-state index in [0.29, 0.717) is 10.8 Å². The van der Waals surface area contributed by atoms with E-state index in [1.54, 1.807) is 24.3 Å². The van der Waals surface area contributed by atoms with Gasteiger partial charge in [-0.15, -0.1) is 0 Å². The second kappa shape index (κ2) is 10.5. The van der Waals surface area contributed by atoms with Gasteiger partial charge in [-0.25, -0.2) is 8.42 Å². The van der Waals surface area contributed by atoms with E-state index in [1.165, 1.54) is 25.3 Å². The topological polar surface area (TPSA) is 94.2 Å². The first-order valence-corrected chi connectivity index (χ1v) is 12.7. The fourth-order valence-electron chi connectivity index (χ4n) is 3.63. The first-order chi connectivity index (χ1) is 16.8. The number of para-hydroxylation sites is 1. The third-order valence-corrected chi connectivity index (χ3v) is 7.51. The molecule has 4 rings (SSSR count). The van der Waals surface area contributed by atoms with E-state index < -0.39 is 22.0 Å². The average Bonchev–Trinajstić information content (AvgIpc) is 2.86. The number of carbonyl (C=O) groups is 1. The van der Waals surface area contributed by atoms with Gasteiger partial charge in [0.05, 0.1) is 30.8 Å². The highest BCUT2D eigenvalue weighted by Crippen LogP contribution is 2.39. The molecule has 0 aliphatic carbocycles. The van der Waals surface area contributed by atoms with Gasteiger partial charge in [-0.1, -0.05) is 29.8 Å². The normalized spacial score (nSPS) is 15.1. The predicted octanol–water partition coefficient (Wildman–Crippen LogP) is 3.81. The first kappa shape index (κ1) is 24.7. The second-order valence-corrected chi connectivity index (χ2v) is 10.1. The number of amides is 1. The van der Waals surface area contributed by atoms with Crippen LogP contribution in [0.15, 0.2) is 71.6 Å². The van der Waals surface area contributed by atoms with Crippen LogP contribution in [0.2, 0.25) is 5.02 Å². The molecule has 0 spiro atoms. The van der Waals surface area contributed by atoms with E-state index in [-0.39, 0.29) is 36.0 Å². The van der Waals surface area contributed by atoms with Crippen molar-refractivity contribution in [1.82, 2.24) is 5.32 Å². The lowest BCUT2D eigenvalue weighted by Gasteiger charge is -2.34. The molecule has 0 bridgehead atoms. The van der Waals surface area contributed by atoms with Gasteiger partial charge < -0.3 is 19.5 Å². The zero-order valence-corrected chi connectivity index (χ0v) is 20.8. The number of hydrogen-bond donors (Lipinski definition) is 1. The highest BCUT2D eigenvalue weighted by molar-refractivity contribution is 7.92. The van der Waals surface area contributed by atoms with E-state index in [9.17, 15) is 13.2 Å². The molecule has 1 heterocycles. The van der Waals surface area contributed by atoms with Crippen LogP contribution in [0.25, 0.3) is 0 Å². The van der Waals surface area contributed by atoms with Crippen LogP contribution in [0.5, 0.6) is 17.2 Å². The van der Waals surface area contributed by atoms with Gasteiger partial charge in [0.1, 0.15) is 23.9 Å². The van der Waals surface area contributed by atoms with Crippen molar-refractivity contribution in [3.63, 3.8) is 0 Å². The van der Waals surface area contributed by atoms with Crippen LogP contribution in [-0.4, -0.2) is 47.2 Å². The molecule has 3 aromatic carbocycles. The summed E-state index contributed by atoms with van der Waals surface area (Å²) < 4.78 is 44.8. The molecule has 35 heavy (non-hydrogen) atoms. The molecular formula is C25H25ClN2O6S. The molecule has 1 atom stereocenters. The molecule has 0 fully saturated rings. The zero-order chi connectivity index (χ0) is 25.0. The summed E-state index contributed by atoms with van der Waals surface area (Å²) in [6.45, 7) is 2.20. The van der Waals surface area contributed by atoms with Crippen molar-refractivity contribution in [3.05, 3.63) is 77.3 Å². The van der Waals surface area contributed by atoms with Gasteiger partial charge in [-0.3, -0.25) is 9.10 Å². The smallest absolute Gasteiger partial charge is 0.264 e. The van der Waals surface area contributed by atoms with Crippen molar-refractivity contribution in [2.24, 2.45) is 0 Å². The minimum atomic E-state index is -4.02. The van der Waals surface area contributed by atoms with Gasteiger partial charge in [-0.2, -0.15) is 0 Å². The standard InChI is InChI=1S/C25H25ClN2O6S/c1-17-5-3-4-6-22(17)33-14-13-27-25(29)24-16-28(21-15-18(26)7-12-23(21)34-24)35(30,31)20-10-8-19(32-2)9-11-20/h3-12,15,24H,13-14,16H2,1-2H3,(H,27,29). The van der Waals surface area contributed by atoms with E-state index in [4.69, 9.17) is 25.8 Å². The molecule has 8 nitrogen and oxygen atoms in total. The molecule has 1 N–H and O–H groups in total. The first-order valence-electron chi connectivity index (χ1n) is 10.9. The summed E-state index contributed by atoms with van der Waals surface area (Å²) >= 11 is 6.14. The average molecular weight is 517 g/mol. The number of ether oxygens (including phenoxy) is 3. The third kappa shape index (κ3) is 5.47. The van der Waals surface area contributed by atoms with E-state index >= 15 is 0 Å². The number of carbonyl (C=O) groups excluding carboxylic acids is 1. The molecule has 10 heteroatoms. The van der Waals surface area contributed by atoms with Crippen molar-refractivity contribution >= 4 is 33.2 Å². The van der Waals surface area contributed by atoms with Crippen LogP contribution in [0.1, 0.15) is 5.56 Å². The summed E-state index contributed by atoms with van der Waals surface area (Å²) in [5.74, 6) is 1.06. The number of benzene rings is 3. The molecule has 184 valence electrons. The number of nitrogens with one attached hydrogen (secondary N) is 1. The summed E-state index contributed by atoms with van der Waals surface area (Å²) in [7, 11) is -2.52. The molecule has 1 aliphatic rings. The van der Waals surface area contributed by atoms with Crippen molar-refractivity contribution in [1.29, 1.82) is 0 Å². The lowest BCUT2D eigenvalue weighted by atomic mass is 10.2. The summed E-state index contributed by atoms with van der Waals surface area (Å²) in [6.07, 6.45) is -1.06. The second-order valence-electron chi connectivity index (χ2n) is 7.84. The van der Waals surface area contributed by atoms with Gasteiger partial charge in [0.25, 0.3) is 15.9 Å². The molecular weight excluding hydrogens is 492 g/mol. The monoisotopic (exact) mass is 516 g/mol. The van der Waals surface area contributed by atoms with Crippen LogP contribution >= 0.6 is 11.6 Å². The predicted molar refractivity (Wildman–Crippen MR) is 133 cm³/mol. The maximum atomic E-state index is 13.5. The Bertz CT molecular complexity index is 1310. The number of halogens is 1. The molecule has 0 saturated carbocycles. The van der Waals surface area contributed by atoms with Gasteiger partial charge in [0.2, 0.25) is 0 Å². The Labute approximate surface area is 209 Å². The lowest BCUT2D eigenvalue weighted by Crippen LogP contribution is -2.51. The fraction of sp³-hybridized carbons (Fsp3) is 0.240. The minimum Gasteiger partial charge on any atom is -0.497 e. The van der Waals surface area contributed by atoms with E-state index in [0.717, 1.165) is 15.6 Å². The number of anilines is 1. The highest BCUT2D eigenvalue weighted by atomic mass is 35.5. The van der Waals surface area contributed by atoms with Crippen molar-refractivity contribution < 1.29 is 27.4 Å². The molecule has 1 amide bonds. The Morgan fingerprint density at radius 3 is 2.60 bits per heavy atom. The van der Waals surface area contributed by atoms with Crippen LogP contribution in [0.3, 0.4) is 0 Å². The number of nitrogens with zero attached hydrogens (tertiary/aromatic N) is 1. The van der Waals surface area contributed by atoms with Gasteiger partial charge >= 0.3 is 0 Å². The lowest BCUT2D eigenvalue weighted by molar-refractivity contribution is -0.127. The minimum absolute atomic E-state index is 0.0527.